The van der Waals surface area contributed by atoms with Crippen molar-refractivity contribution in [3.05, 3.63) is 21.9 Å². The van der Waals surface area contributed by atoms with Crippen molar-refractivity contribution in [2.75, 3.05) is 19.6 Å². The maximum atomic E-state index is 12.6. The second-order valence-electron chi connectivity index (χ2n) is 5.28. The lowest BCUT2D eigenvalue weighted by Gasteiger charge is -2.37. The summed E-state index contributed by atoms with van der Waals surface area (Å²) in [7, 11) is 0. The number of fused-ring (bicyclic) bond motifs is 1. The Bertz CT molecular complexity index is 442. The van der Waals surface area contributed by atoms with Gasteiger partial charge in [-0.3, -0.25) is 4.79 Å². The molecule has 0 aromatic carbocycles. The fourth-order valence-electron chi connectivity index (χ4n) is 3.11. The van der Waals surface area contributed by atoms with Crippen LogP contribution < -0.4 is 5.32 Å². The highest BCUT2D eigenvalue weighted by molar-refractivity contribution is 7.10. The van der Waals surface area contributed by atoms with E-state index in [1.807, 2.05) is 11.3 Å². The molecule has 1 N–H and O–H groups in total. The third-order valence-corrected chi connectivity index (χ3v) is 5.25. The topological polar surface area (TPSA) is 32.3 Å². The van der Waals surface area contributed by atoms with E-state index in [2.05, 4.69) is 28.6 Å². The van der Waals surface area contributed by atoms with Gasteiger partial charge in [0.2, 0.25) is 5.91 Å². The van der Waals surface area contributed by atoms with Gasteiger partial charge in [-0.2, -0.15) is 0 Å². The van der Waals surface area contributed by atoms with E-state index in [0.29, 0.717) is 5.91 Å². The Morgan fingerprint density at radius 3 is 2.89 bits per heavy atom. The van der Waals surface area contributed by atoms with E-state index in [-0.39, 0.29) is 24.4 Å². The molecular weight excluding hydrogens is 280 g/mol. The number of nitrogens with one attached hydrogen (secondary N) is 1. The molecule has 1 fully saturated rings. The average Bonchev–Trinajstić information content (AvgIpc) is 2.89. The highest BCUT2D eigenvalue weighted by Crippen LogP contribution is 2.34. The number of halogens is 1. The van der Waals surface area contributed by atoms with Crippen molar-refractivity contribution in [3.63, 3.8) is 0 Å². The quantitative estimate of drug-likeness (QED) is 0.865. The standard InChI is InChI=1S/C14H20N2OS.ClH/c1-10-12-5-9-18-13(12)4-8-16(10)14(17)11-2-6-15-7-3-11;/h5,9-11,15H,2-4,6-8H2,1H3;1H. The van der Waals surface area contributed by atoms with Crippen molar-refractivity contribution >= 4 is 29.7 Å². The zero-order valence-electron chi connectivity index (χ0n) is 11.2. The Kier molecular flexibility index (Phi) is 4.87. The molecule has 1 aromatic rings. The predicted octanol–water partition coefficient (Wildman–Crippen LogP) is 2.62. The lowest BCUT2D eigenvalue weighted by molar-refractivity contribution is -0.139. The van der Waals surface area contributed by atoms with Gasteiger partial charge in [-0.15, -0.1) is 23.7 Å². The van der Waals surface area contributed by atoms with Crippen molar-refractivity contribution in [3.8, 4) is 0 Å². The number of hydrogen-bond acceptors (Lipinski definition) is 3. The zero-order valence-corrected chi connectivity index (χ0v) is 12.9. The summed E-state index contributed by atoms with van der Waals surface area (Å²) in [5.74, 6) is 0.620. The zero-order chi connectivity index (χ0) is 12.5. The van der Waals surface area contributed by atoms with Gasteiger partial charge in [0, 0.05) is 17.3 Å². The van der Waals surface area contributed by atoms with Gasteiger partial charge in [0.15, 0.2) is 0 Å². The molecule has 2 aliphatic rings. The molecule has 1 unspecified atom stereocenters. The van der Waals surface area contributed by atoms with E-state index >= 15 is 0 Å². The van der Waals surface area contributed by atoms with Gasteiger partial charge in [-0.25, -0.2) is 0 Å². The Morgan fingerprint density at radius 1 is 1.42 bits per heavy atom. The summed E-state index contributed by atoms with van der Waals surface area (Å²) in [4.78, 5) is 16.2. The third kappa shape index (κ3) is 2.81. The summed E-state index contributed by atoms with van der Waals surface area (Å²) in [5, 5.41) is 5.48. The smallest absolute Gasteiger partial charge is 0.226 e. The van der Waals surface area contributed by atoms with Gasteiger partial charge in [0.1, 0.15) is 0 Å². The van der Waals surface area contributed by atoms with E-state index in [1.54, 1.807) is 0 Å². The second kappa shape index (κ2) is 6.25. The number of piperidine rings is 1. The van der Waals surface area contributed by atoms with Crippen LogP contribution in [0, 0.1) is 5.92 Å². The van der Waals surface area contributed by atoms with Crippen LogP contribution in [0.15, 0.2) is 11.4 Å². The van der Waals surface area contributed by atoms with Gasteiger partial charge in [-0.05, 0) is 56.3 Å². The minimum Gasteiger partial charge on any atom is -0.335 e. The van der Waals surface area contributed by atoms with Gasteiger partial charge in [0.05, 0.1) is 6.04 Å². The van der Waals surface area contributed by atoms with Gasteiger partial charge >= 0.3 is 0 Å². The molecule has 0 spiro atoms. The molecule has 1 amide bonds. The Morgan fingerprint density at radius 2 is 2.16 bits per heavy atom. The SMILES string of the molecule is CC1c2ccsc2CCN1C(=O)C1CCNCC1.Cl. The first-order valence-electron chi connectivity index (χ1n) is 6.85. The predicted molar refractivity (Wildman–Crippen MR) is 81.0 cm³/mol. The van der Waals surface area contributed by atoms with E-state index in [1.165, 1.54) is 10.4 Å². The molecule has 3 heterocycles. The minimum absolute atomic E-state index is 0. The number of carbonyl (C=O) groups excluding carboxylic acids is 1. The molecule has 3 nitrogen and oxygen atoms in total. The number of amides is 1. The van der Waals surface area contributed by atoms with Crippen molar-refractivity contribution < 1.29 is 4.79 Å². The van der Waals surface area contributed by atoms with Crippen LogP contribution in [0.4, 0.5) is 0 Å². The normalized spacial score (nSPS) is 23.6. The van der Waals surface area contributed by atoms with Gasteiger partial charge < -0.3 is 10.2 Å². The lowest BCUT2D eigenvalue weighted by Crippen LogP contribution is -2.44. The van der Waals surface area contributed by atoms with E-state index in [4.69, 9.17) is 0 Å². The summed E-state index contributed by atoms with van der Waals surface area (Å²) in [6, 6.07) is 2.45. The van der Waals surface area contributed by atoms with Crippen molar-refractivity contribution in [1.82, 2.24) is 10.2 Å². The summed E-state index contributed by atoms with van der Waals surface area (Å²) < 4.78 is 0. The molecule has 0 bridgehead atoms. The first-order valence-corrected chi connectivity index (χ1v) is 7.73. The largest absolute Gasteiger partial charge is 0.335 e. The van der Waals surface area contributed by atoms with Crippen LogP contribution in [0.3, 0.4) is 0 Å². The summed E-state index contributed by atoms with van der Waals surface area (Å²) in [6.07, 6.45) is 3.03. The Balaban J connectivity index is 0.00000133. The molecule has 0 aliphatic carbocycles. The van der Waals surface area contributed by atoms with E-state index < -0.39 is 0 Å². The van der Waals surface area contributed by atoms with Gasteiger partial charge in [-0.1, -0.05) is 0 Å². The van der Waals surface area contributed by atoms with Crippen molar-refractivity contribution in [2.45, 2.75) is 32.2 Å². The molecule has 2 aliphatic heterocycles. The molecule has 1 aromatic heterocycles. The molecule has 5 heteroatoms. The molecule has 0 radical (unpaired) electrons. The molecule has 106 valence electrons. The molecule has 19 heavy (non-hydrogen) atoms. The van der Waals surface area contributed by atoms with Crippen molar-refractivity contribution in [1.29, 1.82) is 0 Å². The van der Waals surface area contributed by atoms with E-state index in [9.17, 15) is 4.79 Å². The van der Waals surface area contributed by atoms with Crippen LogP contribution in [0.5, 0.6) is 0 Å². The Hall–Kier alpha value is -0.580. The fraction of sp³-hybridized carbons (Fsp3) is 0.643. The highest BCUT2D eigenvalue weighted by atomic mass is 35.5. The molecular formula is C14H21ClN2OS. The maximum absolute atomic E-state index is 12.6. The first kappa shape index (κ1) is 14.8. The first-order chi connectivity index (χ1) is 8.77. The monoisotopic (exact) mass is 300 g/mol. The summed E-state index contributed by atoms with van der Waals surface area (Å²) >= 11 is 1.83. The van der Waals surface area contributed by atoms with Crippen molar-refractivity contribution in [2.24, 2.45) is 5.92 Å². The molecule has 3 rings (SSSR count). The van der Waals surface area contributed by atoms with Crippen LogP contribution in [-0.4, -0.2) is 30.4 Å². The summed E-state index contributed by atoms with van der Waals surface area (Å²) in [6.45, 7) is 5.05. The average molecular weight is 301 g/mol. The van der Waals surface area contributed by atoms with Gasteiger partial charge in [0.25, 0.3) is 0 Å². The number of hydrogen-bond donors (Lipinski definition) is 1. The Labute approximate surface area is 124 Å². The fourth-order valence-corrected chi connectivity index (χ4v) is 4.08. The number of rotatable bonds is 1. The molecule has 0 saturated carbocycles. The van der Waals surface area contributed by atoms with Crippen LogP contribution in [0.1, 0.15) is 36.2 Å². The second-order valence-corrected chi connectivity index (χ2v) is 6.28. The number of thiophene rings is 1. The number of nitrogens with zero attached hydrogens (tertiary/aromatic N) is 1. The maximum Gasteiger partial charge on any atom is 0.226 e. The van der Waals surface area contributed by atoms with Crippen LogP contribution in [0.2, 0.25) is 0 Å². The minimum atomic E-state index is 0. The van der Waals surface area contributed by atoms with Crippen LogP contribution in [-0.2, 0) is 11.2 Å². The molecule has 1 atom stereocenters. The third-order valence-electron chi connectivity index (χ3n) is 4.25. The van der Waals surface area contributed by atoms with Crippen LogP contribution in [0.25, 0.3) is 0 Å². The lowest BCUT2D eigenvalue weighted by atomic mass is 9.93. The highest BCUT2D eigenvalue weighted by Gasteiger charge is 2.32. The van der Waals surface area contributed by atoms with E-state index in [0.717, 1.165) is 38.9 Å². The summed E-state index contributed by atoms with van der Waals surface area (Å²) in [5.41, 5.74) is 1.37. The molecule has 1 saturated heterocycles. The number of carbonyl (C=O) groups is 1. The van der Waals surface area contributed by atoms with Crippen LogP contribution >= 0.6 is 23.7 Å².